The number of ether oxygens (including phenoxy) is 1. The number of hydrogen-bond acceptors (Lipinski definition) is 5. The predicted octanol–water partition coefficient (Wildman–Crippen LogP) is 3.97. The SMILES string of the molecule is COC1CN(c2nc3ccc(C)cc3cc2C(=O)N=C(C)N)CCC1NC1CCCCCC1. The highest BCUT2D eigenvalue weighted by Gasteiger charge is 2.33. The summed E-state index contributed by atoms with van der Waals surface area (Å²) in [4.78, 5) is 24.1. The van der Waals surface area contributed by atoms with E-state index in [0.717, 1.165) is 29.4 Å². The molecule has 2 unspecified atom stereocenters. The van der Waals surface area contributed by atoms with Gasteiger partial charge in [0, 0.05) is 37.7 Å². The number of carbonyl (C=O) groups is 1. The zero-order chi connectivity index (χ0) is 23.4. The van der Waals surface area contributed by atoms with Gasteiger partial charge in [-0.2, -0.15) is 4.99 Å². The third-order valence-electron chi connectivity index (χ3n) is 6.92. The first-order valence-corrected chi connectivity index (χ1v) is 12.2. The number of amidine groups is 1. The fraction of sp³-hybridized carbons (Fsp3) is 0.577. The van der Waals surface area contributed by atoms with Crippen LogP contribution in [0.5, 0.6) is 0 Å². The molecule has 1 aliphatic carbocycles. The molecule has 3 N–H and O–H groups in total. The number of nitrogens with two attached hydrogens (primary N) is 1. The lowest BCUT2D eigenvalue weighted by Gasteiger charge is -2.40. The van der Waals surface area contributed by atoms with Crippen LogP contribution in [-0.2, 0) is 4.74 Å². The summed E-state index contributed by atoms with van der Waals surface area (Å²) in [7, 11) is 1.78. The molecule has 1 saturated carbocycles. The molecule has 33 heavy (non-hydrogen) atoms. The van der Waals surface area contributed by atoms with E-state index in [1.54, 1.807) is 14.0 Å². The fourth-order valence-corrected chi connectivity index (χ4v) is 5.19. The summed E-state index contributed by atoms with van der Waals surface area (Å²) in [6.07, 6.45) is 8.77. The summed E-state index contributed by atoms with van der Waals surface area (Å²) in [6.45, 7) is 5.14. The van der Waals surface area contributed by atoms with E-state index in [1.807, 2.05) is 31.2 Å². The van der Waals surface area contributed by atoms with Crippen LogP contribution in [0.3, 0.4) is 0 Å². The third kappa shape index (κ3) is 5.71. The number of piperidine rings is 1. The van der Waals surface area contributed by atoms with Gasteiger partial charge in [-0.1, -0.05) is 37.3 Å². The lowest BCUT2D eigenvalue weighted by molar-refractivity contribution is 0.0546. The normalized spacial score (nSPS) is 23.0. The van der Waals surface area contributed by atoms with Crippen LogP contribution in [0.2, 0.25) is 0 Å². The Labute approximate surface area is 196 Å². The number of aromatic nitrogens is 1. The predicted molar refractivity (Wildman–Crippen MR) is 134 cm³/mol. The zero-order valence-electron chi connectivity index (χ0n) is 20.1. The van der Waals surface area contributed by atoms with Crippen LogP contribution in [0, 0.1) is 6.92 Å². The molecule has 1 aliphatic heterocycles. The van der Waals surface area contributed by atoms with Crippen LogP contribution in [0.15, 0.2) is 29.3 Å². The van der Waals surface area contributed by atoms with E-state index >= 15 is 0 Å². The summed E-state index contributed by atoms with van der Waals surface area (Å²) >= 11 is 0. The number of hydrogen-bond donors (Lipinski definition) is 2. The van der Waals surface area contributed by atoms with Crippen molar-refractivity contribution in [1.82, 2.24) is 10.3 Å². The van der Waals surface area contributed by atoms with E-state index < -0.39 is 0 Å². The first kappa shape index (κ1) is 23.6. The van der Waals surface area contributed by atoms with E-state index in [-0.39, 0.29) is 17.8 Å². The molecule has 0 radical (unpaired) electrons. The number of carbonyl (C=O) groups excluding carboxylic acids is 1. The van der Waals surface area contributed by atoms with Gasteiger partial charge < -0.3 is 20.7 Å². The zero-order valence-corrected chi connectivity index (χ0v) is 20.1. The monoisotopic (exact) mass is 451 g/mol. The highest BCUT2D eigenvalue weighted by Crippen LogP contribution is 2.29. The summed E-state index contributed by atoms with van der Waals surface area (Å²) in [5.41, 5.74) is 8.21. The number of anilines is 1. The highest BCUT2D eigenvalue weighted by molar-refractivity contribution is 6.07. The van der Waals surface area contributed by atoms with Gasteiger partial charge in [0.15, 0.2) is 0 Å². The molecule has 0 spiro atoms. The minimum absolute atomic E-state index is 0.0280. The largest absolute Gasteiger partial charge is 0.387 e. The number of methoxy groups -OCH3 is 1. The van der Waals surface area contributed by atoms with Crippen LogP contribution in [0.25, 0.3) is 10.9 Å². The Balaban J connectivity index is 1.60. The molecule has 2 aromatic rings. The first-order valence-electron chi connectivity index (χ1n) is 12.2. The molecule has 2 heterocycles. The second-order valence-corrected chi connectivity index (χ2v) is 9.58. The van der Waals surface area contributed by atoms with Crippen molar-refractivity contribution in [3.8, 4) is 0 Å². The van der Waals surface area contributed by atoms with Gasteiger partial charge in [-0.25, -0.2) is 4.98 Å². The molecule has 7 nitrogen and oxygen atoms in total. The fourth-order valence-electron chi connectivity index (χ4n) is 5.19. The van der Waals surface area contributed by atoms with Gasteiger partial charge in [0.2, 0.25) is 0 Å². The summed E-state index contributed by atoms with van der Waals surface area (Å²) in [5, 5.41) is 4.82. The van der Waals surface area contributed by atoms with Crippen molar-refractivity contribution in [3.05, 3.63) is 35.4 Å². The first-order chi connectivity index (χ1) is 15.9. The molecule has 2 atom stereocenters. The Kier molecular flexibility index (Phi) is 7.60. The Bertz CT molecular complexity index is 1010. The smallest absolute Gasteiger partial charge is 0.282 e. The standard InChI is InChI=1S/C26H37N5O2/c1-17-10-11-22-19(14-17)15-21(26(32)28-18(2)27)25(30-22)31-13-12-23(24(16-31)33-3)29-20-8-6-4-5-7-9-20/h10-11,14-15,20,23-24,29H,4-9,12-13,16H2,1-3H3,(H2,27,28,32). The van der Waals surface area contributed by atoms with Gasteiger partial charge in [-0.3, -0.25) is 4.79 Å². The van der Waals surface area contributed by atoms with E-state index in [2.05, 4.69) is 15.2 Å². The van der Waals surface area contributed by atoms with Crippen molar-refractivity contribution in [2.45, 2.75) is 77.0 Å². The van der Waals surface area contributed by atoms with Crippen molar-refractivity contribution in [2.75, 3.05) is 25.1 Å². The second kappa shape index (κ2) is 10.6. The quantitative estimate of drug-likeness (QED) is 0.406. The minimum atomic E-state index is -0.353. The number of rotatable bonds is 5. The van der Waals surface area contributed by atoms with E-state index in [4.69, 9.17) is 15.5 Å². The topological polar surface area (TPSA) is 92.8 Å². The number of nitrogens with one attached hydrogen (secondary N) is 1. The second-order valence-electron chi connectivity index (χ2n) is 9.58. The molecule has 1 aromatic carbocycles. The van der Waals surface area contributed by atoms with E-state index in [1.165, 1.54) is 38.5 Å². The number of pyridine rings is 1. The Morgan fingerprint density at radius 3 is 2.64 bits per heavy atom. The van der Waals surface area contributed by atoms with Crippen LogP contribution >= 0.6 is 0 Å². The van der Waals surface area contributed by atoms with Crippen molar-refractivity contribution < 1.29 is 9.53 Å². The molecule has 7 heteroatoms. The summed E-state index contributed by atoms with van der Waals surface area (Å²) in [5.74, 6) is 0.557. The van der Waals surface area contributed by atoms with Crippen LogP contribution in [0.4, 0.5) is 5.82 Å². The maximum atomic E-state index is 13.0. The number of nitrogens with zero attached hydrogens (tertiary/aromatic N) is 3. The number of aryl methyl sites for hydroxylation is 1. The molecular weight excluding hydrogens is 414 g/mol. The van der Waals surface area contributed by atoms with Crippen molar-refractivity contribution in [1.29, 1.82) is 0 Å². The molecule has 1 saturated heterocycles. The summed E-state index contributed by atoms with van der Waals surface area (Å²) < 4.78 is 5.93. The molecule has 1 aromatic heterocycles. The lowest BCUT2D eigenvalue weighted by atomic mass is 9.98. The van der Waals surface area contributed by atoms with Crippen molar-refractivity contribution in [2.24, 2.45) is 10.7 Å². The maximum absolute atomic E-state index is 13.0. The lowest BCUT2D eigenvalue weighted by Crippen LogP contribution is -2.56. The maximum Gasteiger partial charge on any atom is 0.282 e. The molecule has 4 rings (SSSR count). The van der Waals surface area contributed by atoms with E-state index in [9.17, 15) is 4.79 Å². The van der Waals surface area contributed by atoms with Gasteiger partial charge in [0.05, 0.1) is 17.2 Å². The Morgan fingerprint density at radius 1 is 1.18 bits per heavy atom. The van der Waals surface area contributed by atoms with Crippen molar-refractivity contribution in [3.63, 3.8) is 0 Å². The number of benzene rings is 1. The van der Waals surface area contributed by atoms with Crippen LogP contribution < -0.4 is 16.0 Å². The third-order valence-corrected chi connectivity index (χ3v) is 6.92. The average molecular weight is 452 g/mol. The molecule has 0 bridgehead atoms. The summed E-state index contributed by atoms with van der Waals surface area (Å²) in [6, 6.07) is 8.88. The molecule has 2 aliphatic rings. The van der Waals surface area contributed by atoms with Crippen LogP contribution in [-0.4, -0.2) is 55.1 Å². The Morgan fingerprint density at radius 2 is 1.94 bits per heavy atom. The molecule has 1 amide bonds. The highest BCUT2D eigenvalue weighted by atomic mass is 16.5. The average Bonchev–Trinajstić information content (AvgIpc) is 3.06. The number of amides is 1. The van der Waals surface area contributed by atoms with Gasteiger partial charge in [0.25, 0.3) is 5.91 Å². The Hall–Kier alpha value is -2.51. The minimum Gasteiger partial charge on any atom is -0.387 e. The molecular formula is C26H37N5O2. The van der Waals surface area contributed by atoms with Crippen LogP contribution in [0.1, 0.15) is 67.8 Å². The number of fused-ring (bicyclic) bond motifs is 1. The number of aliphatic imine (C=N–C) groups is 1. The molecule has 178 valence electrons. The molecule has 2 fully saturated rings. The van der Waals surface area contributed by atoms with Gasteiger partial charge >= 0.3 is 0 Å². The van der Waals surface area contributed by atoms with Crippen molar-refractivity contribution >= 4 is 28.5 Å². The van der Waals surface area contributed by atoms with Gasteiger partial charge in [-0.15, -0.1) is 0 Å². The van der Waals surface area contributed by atoms with Gasteiger partial charge in [-0.05, 0) is 51.3 Å². The van der Waals surface area contributed by atoms with E-state index in [0.29, 0.717) is 30.0 Å². The van der Waals surface area contributed by atoms with Gasteiger partial charge in [0.1, 0.15) is 11.7 Å².